The third-order valence-electron chi connectivity index (χ3n) is 2.97. The fourth-order valence-corrected chi connectivity index (χ4v) is 2.66. The Morgan fingerprint density at radius 2 is 2.05 bits per heavy atom. The zero-order chi connectivity index (χ0) is 16.5. The second-order valence-corrected chi connectivity index (χ2v) is 5.88. The highest BCUT2D eigenvalue weighted by molar-refractivity contribution is 7.46. The third kappa shape index (κ3) is 3.65. The van der Waals surface area contributed by atoms with E-state index in [-0.39, 0.29) is 5.56 Å². The lowest BCUT2D eigenvalue weighted by molar-refractivity contribution is -0.000758. The van der Waals surface area contributed by atoms with Gasteiger partial charge in [0.15, 0.2) is 0 Å². The van der Waals surface area contributed by atoms with Gasteiger partial charge in [-0.15, -0.1) is 6.42 Å². The van der Waals surface area contributed by atoms with Crippen LogP contribution in [0.2, 0.25) is 0 Å². The van der Waals surface area contributed by atoms with Gasteiger partial charge in [-0.1, -0.05) is 12.0 Å². The van der Waals surface area contributed by atoms with E-state index in [0.717, 1.165) is 0 Å². The van der Waals surface area contributed by atoms with Crippen molar-refractivity contribution in [2.75, 3.05) is 0 Å². The van der Waals surface area contributed by atoms with Gasteiger partial charge in [0.2, 0.25) is 6.29 Å². The lowest BCUT2D eigenvalue weighted by Crippen LogP contribution is -2.14. The van der Waals surface area contributed by atoms with Gasteiger partial charge < -0.3 is 14.5 Å². The molecule has 2 N–H and O–H groups in total. The van der Waals surface area contributed by atoms with Crippen LogP contribution in [0, 0.1) is 25.1 Å². The Morgan fingerprint density at radius 3 is 2.64 bits per heavy atom. The van der Waals surface area contributed by atoms with E-state index in [1.165, 1.54) is 13.0 Å². The number of phosphoric acid groups is 1. The molecule has 0 fully saturated rings. The van der Waals surface area contributed by atoms with Crippen LogP contribution in [0.4, 0.5) is 4.39 Å². The van der Waals surface area contributed by atoms with Gasteiger partial charge in [0, 0.05) is 5.39 Å². The number of aryl methyl sites for hydroxylation is 1. The summed E-state index contributed by atoms with van der Waals surface area (Å²) in [6.45, 7) is 3.10. The molecular formula is C15H14FO5P. The molecule has 1 unspecified atom stereocenters. The van der Waals surface area contributed by atoms with Crippen molar-refractivity contribution in [3.63, 3.8) is 0 Å². The van der Waals surface area contributed by atoms with E-state index in [1.54, 1.807) is 25.1 Å². The Morgan fingerprint density at radius 1 is 1.36 bits per heavy atom. The highest BCUT2D eigenvalue weighted by Gasteiger charge is 2.20. The van der Waals surface area contributed by atoms with Gasteiger partial charge in [0.05, 0.1) is 5.56 Å². The SMILES string of the molecule is C#Cc1c(F)ccc2cc(OC(C)OP(=O)(O)O)cc(C)c12. The van der Waals surface area contributed by atoms with Gasteiger partial charge >= 0.3 is 7.82 Å². The largest absolute Gasteiger partial charge is 0.472 e. The van der Waals surface area contributed by atoms with Crippen molar-refractivity contribution < 1.29 is 28.0 Å². The van der Waals surface area contributed by atoms with Gasteiger partial charge in [0.25, 0.3) is 0 Å². The van der Waals surface area contributed by atoms with Crippen LogP contribution in [0.15, 0.2) is 24.3 Å². The van der Waals surface area contributed by atoms with Crippen LogP contribution < -0.4 is 4.74 Å². The summed E-state index contributed by atoms with van der Waals surface area (Å²) in [4.78, 5) is 17.5. The van der Waals surface area contributed by atoms with Crippen molar-refractivity contribution in [1.29, 1.82) is 0 Å². The molecule has 0 amide bonds. The summed E-state index contributed by atoms with van der Waals surface area (Å²) >= 11 is 0. The van der Waals surface area contributed by atoms with Gasteiger partial charge in [-0.05, 0) is 43.0 Å². The lowest BCUT2D eigenvalue weighted by Gasteiger charge is -2.17. The second kappa shape index (κ2) is 6.07. The van der Waals surface area contributed by atoms with Crippen LogP contribution in [-0.4, -0.2) is 16.1 Å². The molecule has 0 bridgehead atoms. The molecule has 7 heteroatoms. The molecule has 2 aromatic carbocycles. The first-order chi connectivity index (χ1) is 10.2. The molecule has 2 rings (SSSR count). The van der Waals surface area contributed by atoms with E-state index in [2.05, 4.69) is 10.4 Å². The first-order valence-electron chi connectivity index (χ1n) is 6.31. The maximum absolute atomic E-state index is 13.7. The summed E-state index contributed by atoms with van der Waals surface area (Å²) in [5.74, 6) is 2.18. The summed E-state index contributed by atoms with van der Waals surface area (Å²) in [6, 6.07) is 6.01. The molecule has 0 saturated carbocycles. The Kier molecular flexibility index (Phi) is 4.55. The van der Waals surface area contributed by atoms with Crippen LogP contribution in [0.1, 0.15) is 18.1 Å². The molecule has 0 saturated heterocycles. The minimum absolute atomic E-state index is 0.168. The summed E-state index contributed by atoms with van der Waals surface area (Å²) in [6.07, 6.45) is 4.20. The molecule has 0 aliphatic heterocycles. The van der Waals surface area contributed by atoms with Crippen molar-refractivity contribution in [1.82, 2.24) is 0 Å². The van der Waals surface area contributed by atoms with Crippen molar-refractivity contribution >= 4 is 18.6 Å². The normalized spacial score (nSPS) is 12.9. The molecule has 116 valence electrons. The lowest BCUT2D eigenvalue weighted by atomic mass is 9.99. The molecule has 0 aliphatic rings. The molecule has 5 nitrogen and oxygen atoms in total. The molecule has 0 heterocycles. The Bertz CT molecular complexity index is 806. The zero-order valence-electron chi connectivity index (χ0n) is 11.9. The first-order valence-corrected chi connectivity index (χ1v) is 7.84. The highest BCUT2D eigenvalue weighted by Crippen LogP contribution is 2.38. The zero-order valence-corrected chi connectivity index (χ0v) is 12.8. The summed E-state index contributed by atoms with van der Waals surface area (Å²) < 4.78 is 34.2. The second-order valence-electron chi connectivity index (χ2n) is 4.69. The predicted molar refractivity (Wildman–Crippen MR) is 79.8 cm³/mol. The standard InChI is InChI=1S/C15H14FO5P/c1-4-13-14(16)6-5-11-8-12(7-9(2)15(11)13)20-10(3)21-22(17,18)19/h1,5-8,10H,2-3H3,(H2,17,18,19). The molecule has 0 spiro atoms. The number of benzene rings is 2. The predicted octanol–water partition coefficient (Wildman–Crippen LogP) is 3.10. The minimum atomic E-state index is -4.64. The first kappa shape index (κ1) is 16.5. The third-order valence-corrected chi connectivity index (χ3v) is 3.54. The average Bonchev–Trinajstić information content (AvgIpc) is 2.37. The minimum Gasteiger partial charge on any atom is -0.465 e. The number of terminal acetylenes is 1. The monoisotopic (exact) mass is 324 g/mol. The van der Waals surface area contributed by atoms with E-state index in [4.69, 9.17) is 20.9 Å². The number of rotatable bonds is 4. The van der Waals surface area contributed by atoms with E-state index < -0.39 is 19.9 Å². The fraction of sp³-hybridized carbons (Fsp3) is 0.200. The van der Waals surface area contributed by atoms with E-state index in [9.17, 15) is 8.96 Å². The summed E-state index contributed by atoms with van der Waals surface area (Å²) in [5, 5.41) is 1.26. The fourth-order valence-electron chi connectivity index (χ4n) is 2.23. The molecule has 0 aliphatic carbocycles. The molecule has 22 heavy (non-hydrogen) atoms. The quantitative estimate of drug-likeness (QED) is 0.513. The summed E-state index contributed by atoms with van der Waals surface area (Å²) in [7, 11) is -4.64. The summed E-state index contributed by atoms with van der Waals surface area (Å²) in [5.41, 5.74) is 0.851. The van der Waals surface area contributed by atoms with E-state index >= 15 is 0 Å². The van der Waals surface area contributed by atoms with Crippen molar-refractivity contribution in [3.05, 3.63) is 41.2 Å². The molecule has 1 atom stereocenters. The van der Waals surface area contributed by atoms with Crippen LogP contribution in [-0.2, 0) is 9.09 Å². The molecule has 2 aromatic rings. The molecular weight excluding hydrogens is 310 g/mol. The number of hydrogen-bond acceptors (Lipinski definition) is 3. The maximum atomic E-state index is 13.7. The van der Waals surface area contributed by atoms with Crippen molar-refractivity contribution in [2.24, 2.45) is 0 Å². The van der Waals surface area contributed by atoms with Gasteiger partial charge in [0.1, 0.15) is 11.6 Å². The smallest absolute Gasteiger partial charge is 0.465 e. The Balaban J connectivity index is 2.41. The number of fused-ring (bicyclic) bond motifs is 1. The van der Waals surface area contributed by atoms with Crippen molar-refractivity contribution in [3.8, 4) is 18.1 Å². The number of hydrogen-bond donors (Lipinski definition) is 2. The van der Waals surface area contributed by atoms with Crippen LogP contribution in [0.25, 0.3) is 10.8 Å². The van der Waals surface area contributed by atoms with Gasteiger partial charge in [-0.2, -0.15) is 0 Å². The molecule has 0 aromatic heterocycles. The van der Waals surface area contributed by atoms with E-state index in [0.29, 0.717) is 22.1 Å². The number of halogens is 1. The topological polar surface area (TPSA) is 76.0 Å². The van der Waals surface area contributed by atoms with Crippen LogP contribution in [0.5, 0.6) is 5.75 Å². The number of ether oxygens (including phenoxy) is 1. The molecule has 0 radical (unpaired) electrons. The Hall–Kier alpha value is -1.90. The maximum Gasteiger partial charge on any atom is 0.472 e. The Labute approximate surface area is 126 Å². The van der Waals surface area contributed by atoms with Gasteiger partial charge in [-0.25, -0.2) is 13.5 Å². The van der Waals surface area contributed by atoms with Crippen molar-refractivity contribution in [2.45, 2.75) is 20.1 Å². The van der Waals surface area contributed by atoms with Crippen LogP contribution >= 0.6 is 7.82 Å². The van der Waals surface area contributed by atoms with E-state index in [1.807, 2.05) is 0 Å². The average molecular weight is 324 g/mol. The van der Waals surface area contributed by atoms with Crippen LogP contribution in [0.3, 0.4) is 0 Å². The van der Waals surface area contributed by atoms with Gasteiger partial charge in [-0.3, -0.25) is 0 Å². The number of phosphoric ester groups is 1. The highest BCUT2D eigenvalue weighted by atomic mass is 31.2.